The van der Waals surface area contributed by atoms with Crippen LogP contribution < -0.4 is 5.32 Å². The van der Waals surface area contributed by atoms with Gasteiger partial charge in [0.05, 0.1) is 34.7 Å². The van der Waals surface area contributed by atoms with Crippen LogP contribution in [-0.2, 0) is 13.1 Å². The first-order chi connectivity index (χ1) is 18.1. The van der Waals surface area contributed by atoms with Gasteiger partial charge in [0.1, 0.15) is 10.9 Å². The first kappa shape index (κ1) is 26.3. The lowest BCUT2D eigenvalue weighted by atomic mass is 10.1. The minimum Gasteiger partial charge on any atom is -0.343 e. The molecule has 0 saturated carbocycles. The smallest absolute Gasteiger partial charge is 0.343 e. The van der Waals surface area contributed by atoms with Crippen LogP contribution in [0, 0.1) is 0 Å². The number of amides is 1. The molecule has 1 atom stereocenters. The number of fused-ring (bicyclic) bond motifs is 1. The Hall–Kier alpha value is -3.29. The van der Waals surface area contributed by atoms with Crippen LogP contribution in [0.4, 0.5) is 23.2 Å². The zero-order chi connectivity index (χ0) is 27.0. The second kappa shape index (κ2) is 10.5. The highest BCUT2D eigenvalue weighted by molar-refractivity contribution is 7.14. The first-order valence-electron chi connectivity index (χ1n) is 11.5. The van der Waals surface area contributed by atoms with Crippen molar-refractivity contribution < 1.29 is 26.9 Å². The molecule has 1 saturated heterocycles. The van der Waals surface area contributed by atoms with Crippen molar-refractivity contribution in [1.82, 2.24) is 24.9 Å². The number of rotatable bonds is 6. The fourth-order valence-electron chi connectivity index (χ4n) is 4.25. The standard InChI is InChI=1S/C24H21ClF4N6O2S/c1-34-7-5-17(15(26)11-34)31-16-3-2-4-18-14(16)9-19(35(18)12-24(27,28)29)22-32-20(37-33-22)10-30-23(36)13-6-8-38-21(13)25/h2-4,6,8-9,15H,5,7,10-12H2,1H3,(H,30,36)/b31-17+/t15-/m0/s1. The normalized spacial score (nSPS) is 17.9. The molecule has 0 aliphatic carbocycles. The van der Waals surface area contributed by atoms with Crippen molar-refractivity contribution in [3.05, 3.63) is 51.5 Å². The molecule has 1 aromatic carbocycles. The Morgan fingerprint density at radius 1 is 1.34 bits per heavy atom. The minimum absolute atomic E-state index is 0.00409. The van der Waals surface area contributed by atoms with Crippen molar-refractivity contribution in [2.45, 2.75) is 31.9 Å². The number of benzene rings is 1. The van der Waals surface area contributed by atoms with E-state index >= 15 is 0 Å². The van der Waals surface area contributed by atoms with Crippen LogP contribution in [0.1, 0.15) is 22.7 Å². The van der Waals surface area contributed by atoms with Gasteiger partial charge in [-0.15, -0.1) is 11.3 Å². The van der Waals surface area contributed by atoms with E-state index in [9.17, 15) is 22.4 Å². The first-order valence-corrected chi connectivity index (χ1v) is 12.8. The lowest BCUT2D eigenvalue weighted by molar-refractivity contribution is -0.139. The molecule has 1 N–H and O–H groups in total. The molecule has 4 heterocycles. The van der Waals surface area contributed by atoms with E-state index in [2.05, 4.69) is 20.4 Å². The van der Waals surface area contributed by atoms with Crippen molar-refractivity contribution >= 4 is 51.1 Å². The lowest BCUT2D eigenvalue weighted by Gasteiger charge is -2.26. The third kappa shape index (κ3) is 5.59. The van der Waals surface area contributed by atoms with Gasteiger partial charge < -0.3 is 19.3 Å². The number of halogens is 5. The minimum atomic E-state index is -4.54. The van der Waals surface area contributed by atoms with E-state index in [1.54, 1.807) is 23.6 Å². The van der Waals surface area contributed by atoms with Crippen LogP contribution in [0.2, 0.25) is 4.34 Å². The van der Waals surface area contributed by atoms with Gasteiger partial charge in [-0.3, -0.25) is 9.79 Å². The molecule has 0 spiro atoms. The number of aliphatic imine (C=N–C) groups is 1. The van der Waals surface area contributed by atoms with Crippen LogP contribution in [0.25, 0.3) is 22.4 Å². The number of aromatic nitrogens is 3. The number of hydrogen-bond acceptors (Lipinski definition) is 7. The highest BCUT2D eigenvalue weighted by atomic mass is 35.5. The van der Waals surface area contributed by atoms with Gasteiger partial charge in [-0.05, 0) is 36.7 Å². The number of carbonyl (C=O) groups is 1. The van der Waals surface area contributed by atoms with Crippen molar-refractivity contribution in [2.75, 3.05) is 20.1 Å². The Bertz CT molecular complexity index is 1510. The van der Waals surface area contributed by atoms with Crippen LogP contribution in [0.15, 0.2) is 45.2 Å². The molecule has 1 fully saturated rings. The topological polar surface area (TPSA) is 88.6 Å². The summed E-state index contributed by atoms with van der Waals surface area (Å²) in [4.78, 5) is 22.8. The summed E-state index contributed by atoms with van der Waals surface area (Å²) >= 11 is 7.18. The van der Waals surface area contributed by atoms with Gasteiger partial charge in [-0.25, -0.2) is 4.39 Å². The Balaban J connectivity index is 1.48. The van der Waals surface area contributed by atoms with Gasteiger partial charge in [0.15, 0.2) is 6.17 Å². The van der Waals surface area contributed by atoms with Crippen LogP contribution in [-0.4, -0.2) is 63.7 Å². The molecule has 14 heteroatoms. The number of nitrogens with one attached hydrogen (secondary N) is 1. The van der Waals surface area contributed by atoms with Crippen LogP contribution >= 0.6 is 22.9 Å². The van der Waals surface area contributed by atoms with E-state index in [0.717, 1.165) is 4.57 Å². The number of likely N-dealkylation sites (tertiary alicyclic amines) is 1. The van der Waals surface area contributed by atoms with E-state index in [4.69, 9.17) is 16.1 Å². The molecule has 5 rings (SSSR count). The zero-order valence-electron chi connectivity index (χ0n) is 19.9. The monoisotopic (exact) mass is 568 g/mol. The fourth-order valence-corrected chi connectivity index (χ4v) is 5.17. The molecule has 1 aliphatic heterocycles. The molecule has 3 aromatic heterocycles. The number of hydrogen-bond donors (Lipinski definition) is 1. The van der Waals surface area contributed by atoms with Gasteiger partial charge in [-0.2, -0.15) is 18.2 Å². The number of carbonyl (C=O) groups excluding carboxylic acids is 1. The van der Waals surface area contributed by atoms with Gasteiger partial charge >= 0.3 is 6.18 Å². The molecule has 200 valence electrons. The quantitative estimate of drug-likeness (QED) is 0.304. The van der Waals surface area contributed by atoms with E-state index in [-0.39, 0.29) is 41.6 Å². The molecule has 0 radical (unpaired) electrons. The van der Waals surface area contributed by atoms with E-state index in [1.165, 1.54) is 23.5 Å². The van der Waals surface area contributed by atoms with Crippen molar-refractivity contribution in [1.29, 1.82) is 0 Å². The molecule has 38 heavy (non-hydrogen) atoms. The predicted octanol–water partition coefficient (Wildman–Crippen LogP) is 5.64. The Morgan fingerprint density at radius 3 is 2.87 bits per heavy atom. The maximum Gasteiger partial charge on any atom is 0.406 e. The largest absolute Gasteiger partial charge is 0.406 e. The summed E-state index contributed by atoms with van der Waals surface area (Å²) in [5.74, 6) is -0.550. The third-order valence-corrected chi connectivity index (χ3v) is 7.24. The number of nitrogens with zero attached hydrogens (tertiary/aromatic N) is 5. The van der Waals surface area contributed by atoms with E-state index in [1.807, 2.05) is 11.9 Å². The number of thiophene rings is 1. The molecule has 0 bridgehead atoms. The molecule has 1 aliphatic rings. The molecule has 1 amide bonds. The van der Waals surface area contributed by atoms with Gasteiger partial charge in [0, 0.05) is 24.9 Å². The lowest BCUT2D eigenvalue weighted by Crippen LogP contribution is -2.39. The zero-order valence-corrected chi connectivity index (χ0v) is 21.5. The summed E-state index contributed by atoms with van der Waals surface area (Å²) < 4.78 is 61.8. The molecular formula is C24H21ClF4N6O2S. The molecule has 8 nitrogen and oxygen atoms in total. The van der Waals surface area contributed by atoms with Crippen molar-refractivity contribution in [3.63, 3.8) is 0 Å². The van der Waals surface area contributed by atoms with Gasteiger partial charge in [-0.1, -0.05) is 22.8 Å². The van der Waals surface area contributed by atoms with Crippen molar-refractivity contribution in [3.8, 4) is 11.5 Å². The Kier molecular flexibility index (Phi) is 7.25. The highest BCUT2D eigenvalue weighted by Gasteiger charge is 2.31. The summed E-state index contributed by atoms with van der Waals surface area (Å²) in [5.41, 5.74) is 1.29. The summed E-state index contributed by atoms with van der Waals surface area (Å²) in [6, 6.07) is 7.79. The highest BCUT2D eigenvalue weighted by Crippen LogP contribution is 2.36. The second-order valence-corrected chi connectivity index (χ2v) is 10.3. The maximum absolute atomic E-state index is 14.6. The van der Waals surface area contributed by atoms with Crippen LogP contribution in [0.5, 0.6) is 0 Å². The molecule has 0 unspecified atom stereocenters. The second-order valence-electron chi connectivity index (χ2n) is 8.83. The van der Waals surface area contributed by atoms with E-state index in [0.29, 0.717) is 34.1 Å². The predicted molar refractivity (Wildman–Crippen MR) is 136 cm³/mol. The Morgan fingerprint density at radius 2 is 2.16 bits per heavy atom. The Labute approximate surface area is 222 Å². The summed E-state index contributed by atoms with van der Waals surface area (Å²) in [6.07, 6.45) is -5.39. The molecule has 4 aromatic rings. The average molecular weight is 569 g/mol. The third-order valence-electron chi connectivity index (χ3n) is 6.07. The average Bonchev–Trinajstić information content (AvgIpc) is 3.58. The fraction of sp³-hybridized carbons (Fsp3) is 0.333. The van der Waals surface area contributed by atoms with Gasteiger partial charge in [0.2, 0.25) is 11.7 Å². The maximum atomic E-state index is 14.6. The van der Waals surface area contributed by atoms with E-state index < -0.39 is 24.8 Å². The van der Waals surface area contributed by atoms with Crippen LogP contribution in [0.3, 0.4) is 0 Å². The number of piperidine rings is 1. The molecular weight excluding hydrogens is 548 g/mol. The van der Waals surface area contributed by atoms with Crippen molar-refractivity contribution in [2.24, 2.45) is 4.99 Å². The number of alkyl halides is 4. The SMILES string of the molecule is CN1CC/C(=N\c2cccc3c2cc(-c2noc(CNC(=O)c4ccsc4Cl)n2)n3CC(F)(F)F)[C@@H](F)C1. The summed E-state index contributed by atoms with van der Waals surface area (Å²) in [7, 11) is 1.81. The summed E-state index contributed by atoms with van der Waals surface area (Å²) in [5, 5.41) is 8.50. The summed E-state index contributed by atoms with van der Waals surface area (Å²) in [6.45, 7) is -0.616. The van der Waals surface area contributed by atoms with Gasteiger partial charge in [0.25, 0.3) is 5.91 Å².